The number of nitrogens with one attached hydrogen (secondary N) is 2. The number of anilines is 1. The van der Waals surface area contributed by atoms with Crippen LogP contribution in [0, 0.1) is 23.7 Å². The quantitative estimate of drug-likeness (QED) is 0.320. The number of nitrogens with zero attached hydrogens (tertiary/aromatic N) is 1. The fourth-order valence-corrected chi connectivity index (χ4v) is 8.32. The first kappa shape index (κ1) is 28.4. The minimum absolute atomic E-state index is 0.0165. The molecule has 4 unspecified atom stereocenters. The van der Waals surface area contributed by atoms with E-state index >= 15 is 0 Å². The first-order valence-corrected chi connectivity index (χ1v) is 15.3. The summed E-state index contributed by atoms with van der Waals surface area (Å²) in [5.41, 5.74) is 3.61. The highest BCUT2D eigenvalue weighted by Gasteiger charge is 2.51. The van der Waals surface area contributed by atoms with E-state index in [1.54, 1.807) is 0 Å². The van der Waals surface area contributed by atoms with Gasteiger partial charge in [0.15, 0.2) is 6.29 Å². The molecule has 4 atom stereocenters. The predicted octanol–water partition coefficient (Wildman–Crippen LogP) is 6.18. The molecule has 4 saturated carbocycles. The number of carbonyl (C=O) groups is 1. The standard InChI is InChI=1S/C34H45N3O4/c1-4-13-37(3)20-30-22(2)31(27-7-5-23(21-38)6-8-27)41-32(40-30)28-9-11-29(12-10-28)35-33(39)36-34-17-24-14-25(18-34)16-26(15-24)19-34/h4-12,22,24-26,30-32,38H,1,13-21H2,2-3H3,(H2,35,36,39). The van der Waals surface area contributed by atoms with Crippen LogP contribution >= 0.6 is 0 Å². The van der Waals surface area contributed by atoms with Crippen molar-refractivity contribution in [1.29, 1.82) is 0 Å². The molecule has 5 fully saturated rings. The molecule has 0 spiro atoms. The lowest BCUT2D eigenvalue weighted by molar-refractivity contribution is -0.275. The molecule has 2 aromatic carbocycles. The monoisotopic (exact) mass is 559 g/mol. The minimum Gasteiger partial charge on any atom is -0.392 e. The van der Waals surface area contributed by atoms with E-state index < -0.39 is 6.29 Å². The van der Waals surface area contributed by atoms with Gasteiger partial charge < -0.3 is 30.1 Å². The van der Waals surface area contributed by atoms with Crippen molar-refractivity contribution in [3.05, 3.63) is 77.9 Å². The van der Waals surface area contributed by atoms with Crippen molar-refractivity contribution in [2.45, 2.75) is 76.1 Å². The Balaban J connectivity index is 1.14. The fourth-order valence-electron chi connectivity index (χ4n) is 8.32. The molecule has 3 N–H and O–H groups in total. The van der Waals surface area contributed by atoms with Crippen LogP contribution in [0.1, 0.15) is 74.5 Å². The summed E-state index contributed by atoms with van der Waals surface area (Å²) in [5.74, 6) is 2.48. The summed E-state index contributed by atoms with van der Waals surface area (Å²) in [4.78, 5) is 15.3. The maximum Gasteiger partial charge on any atom is 0.319 e. The molecule has 0 aromatic heterocycles. The van der Waals surface area contributed by atoms with Gasteiger partial charge in [-0.2, -0.15) is 0 Å². The first-order valence-electron chi connectivity index (χ1n) is 15.3. The van der Waals surface area contributed by atoms with Gasteiger partial charge in [-0.3, -0.25) is 0 Å². The first-order chi connectivity index (χ1) is 19.8. The molecule has 41 heavy (non-hydrogen) atoms. The Morgan fingerprint density at radius 2 is 1.61 bits per heavy atom. The number of benzene rings is 2. The van der Waals surface area contributed by atoms with E-state index in [2.05, 4.69) is 36.1 Å². The number of hydrogen-bond donors (Lipinski definition) is 3. The van der Waals surface area contributed by atoms with Gasteiger partial charge in [0.05, 0.1) is 18.8 Å². The summed E-state index contributed by atoms with van der Waals surface area (Å²) in [6.07, 6.45) is 8.62. The van der Waals surface area contributed by atoms with Crippen LogP contribution in [0.3, 0.4) is 0 Å². The second kappa shape index (κ2) is 11.9. The summed E-state index contributed by atoms with van der Waals surface area (Å²) in [6.45, 7) is 7.59. The van der Waals surface area contributed by atoms with Gasteiger partial charge in [-0.15, -0.1) is 6.58 Å². The molecule has 2 amide bonds. The van der Waals surface area contributed by atoms with Gasteiger partial charge >= 0.3 is 6.03 Å². The zero-order chi connectivity index (χ0) is 28.6. The highest BCUT2D eigenvalue weighted by Crippen LogP contribution is 2.55. The Hall–Kier alpha value is -2.71. The fraction of sp³-hybridized carbons (Fsp3) is 0.559. The minimum atomic E-state index is -0.536. The van der Waals surface area contributed by atoms with Gasteiger partial charge in [0.25, 0.3) is 0 Å². The molecule has 7 heteroatoms. The highest BCUT2D eigenvalue weighted by molar-refractivity contribution is 5.89. The van der Waals surface area contributed by atoms with Gasteiger partial charge in [0.1, 0.15) is 0 Å². The van der Waals surface area contributed by atoms with E-state index in [4.69, 9.17) is 9.47 Å². The summed E-state index contributed by atoms with van der Waals surface area (Å²) in [5, 5.41) is 16.0. The van der Waals surface area contributed by atoms with Crippen molar-refractivity contribution in [2.24, 2.45) is 23.7 Å². The highest BCUT2D eigenvalue weighted by atomic mass is 16.7. The summed E-state index contributed by atoms with van der Waals surface area (Å²) < 4.78 is 13.1. The molecule has 1 heterocycles. The number of rotatable bonds is 9. The van der Waals surface area contributed by atoms with E-state index in [1.807, 2.05) is 54.6 Å². The molecule has 4 bridgehead atoms. The SMILES string of the molecule is C=CCN(C)CC1OC(c2ccc(NC(=O)NC34CC5CC(CC(C5)C3)C4)cc2)OC(c2ccc(CO)cc2)C1C. The molecule has 2 aromatic rings. The molecule has 1 saturated heterocycles. The topological polar surface area (TPSA) is 83.1 Å². The number of amides is 2. The number of urea groups is 1. The largest absolute Gasteiger partial charge is 0.392 e. The normalized spacial score (nSPS) is 34.0. The average Bonchev–Trinajstić information content (AvgIpc) is 2.94. The predicted molar refractivity (Wildman–Crippen MR) is 160 cm³/mol. The smallest absolute Gasteiger partial charge is 0.319 e. The summed E-state index contributed by atoms with van der Waals surface area (Å²) in [7, 11) is 2.07. The third kappa shape index (κ3) is 6.24. The van der Waals surface area contributed by atoms with E-state index in [0.717, 1.165) is 72.5 Å². The van der Waals surface area contributed by atoms with E-state index in [9.17, 15) is 9.90 Å². The van der Waals surface area contributed by atoms with Crippen LogP contribution < -0.4 is 10.6 Å². The van der Waals surface area contributed by atoms with Gasteiger partial charge in [-0.05, 0) is 86.6 Å². The molecular weight excluding hydrogens is 514 g/mol. The van der Waals surface area contributed by atoms with Crippen molar-refractivity contribution in [3.63, 3.8) is 0 Å². The number of hydrogen-bond acceptors (Lipinski definition) is 5. The average molecular weight is 560 g/mol. The van der Waals surface area contributed by atoms with Crippen molar-refractivity contribution in [3.8, 4) is 0 Å². The Labute approximate surface area is 244 Å². The number of aliphatic hydroxyl groups is 1. The van der Waals surface area contributed by atoms with Crippen molar-refractivity contribution in [1.82, 2.24) is 10.2 Å². The molecular formula is C34H45N3O4. The van der Waals surface area contributed by atoms with Crippen molar-refractivity contribution in [2.75, 3.05) is 25.5 Å². The van der Waals surface area contributed by atoms with Crippen LogP contribution in [-0.4, -0.2) is 47.8 Å². The lowest BCUT2D eigenvalue weighted by atomic mass is 9.53. The van der Waals surface area contributed by atoms with Gasteiger partial charge in [0.2, 0.25) is 0 Å². The second-order valence-corrected chi connectivity index (χ2v) is 13.2. The zero-order valence-corrected chi connectivity index (χ0v) is 24.4. The summed E-state index contributed by atoms with van der Waals surface area (Å²) >= 11 is 0. The van der Waals surface area contributed by atoms with Crippen molar-refractivity contribution >= 4 is 11.7 Å². The molecule has 4 aliphatic carbocycles. The Kier molecular flexibility index (Phi) is 8.23. The lowest BCUT2D eigenvalue weighted by Gasteiger charge is -2.56. The van der Waals surface area contributed by atoms with Crippen LogP contribution in [-0.2, 0) is 16.1 Å². The van der Waals surface area contributed by atoms with Gasteiger partial charge in [-0.25, -0.2) is 4.79 Å². The third-order valence-corrected chi connectivity index (χ3v) is 9.91. The third-order valence-electron chi connectivity index (χ3n) is 9.91. The maximum atomic E-state index is 13.1. The molecule has 1 aliphatic heterocycles. The molecule has 7 rings (SSSR count). The lowest BCUT2D eigenvalue weighted by Crippen LogP contribution is -2.60. The number of aliphatic hydroxyl groups excluding tert-OH is 1. The molecule has 0 radical (unpaired) electrons. The molecule has 220 valence electrons. The van der Waals surface area contributed by atoms with Gasteiger partial charge in [-0.1, -0.05) is 49.4 Å². The van der Waals surface area contributed by atoms with E-state index in [1.165, 1.54) is 19.3 Å². The number of likely N-dealkylation sites (N-methyl/N-ethyl adjacent to an activating group) is 1. The van der Waals surface area contributed by atoms with Crippen LogP contribution in [0.4, 0.5) is 10.5 Å². The number of carbonyl (C=O) groups excluding carboxylic acids is 1. The Morgan fingerprint density at radius 3 is 2.20 bits per heavy atom. The van der Waals surface area contributed by atoms with Crippen LogP contribution in [0.25, 0.3) is 0 Å². The Bertz CT molecular complexity index is 1180. The summed E-state index contributed by atoms with van der Waals surface area (Å²) in [6, 6.07) is 15.7. The van der Waals surface area contributed by atoms with E-state index in [0.29, 0.717) is 0 Å². The van der Waals surface area contributed by atoms with Gasteiger partial charge in [0, 0.05) is 35.8 Å². The van der Waals surface area contributed by atoms with Crippen LogP contribution in [0.5, 0.6) is 0 Å². The molecule has 7 nitrogen and oxygen atoms in total. The van der Waals surface area contributed by atoms with Crippen molar-refractivity contribution < 1.29 is 19.4 Å². The number of ether oxygens (including phenoxy) is 2. The van der Waals surface area contributed by atoms with Crippen LogP contribution in [0.2, 0.25) is 0 Å². The van der Waals surface area contributed by atoms with E-state index in [-0.39, 0.29) is 36.3 Å². The zero-order valence-electron chi connectivity index (χ0n) is 24.4. The molecule has 5 aliphatic rings. The van der Waals surface area contributed by atoms with Crippen LogP contribution in [0.15, 0.2) is 61.2 Å². The Morgan fingerprint density at radius 1 is 1.00 bits per heavy atom. The maximum absolute atomic E-state index is 13.1. The second-order valence-electron chi connectivity index (χ2n) is 13.2.